The summed E-state index contributed by atoms with van der Waals surface area (Å²) >= 11 is 0. The number of rotatable bonds is 5. The zero-order valence-electron chi connectivity index (χ0n) is 15.3. The molecule has 0 fully saturated rings. The first-order chi connectivity index (χ1) is 13.3. The molecular formula is C19H18F3N5O. The molecule has 0 aliphatic carbocycles. The van der Waals surface area contributed by atoms with Gasteiger partial charge in [-0.1, -0.05) is 6.07 Å². The maximum atomic E-state index is 12.7. The third-order valence-electron chi connectivity index (χ3n) is 4.31. The smallest absolute Gasteiger partial charge is 0.341 e. The third kappa shape index (κ3) is 4.19. The van der Waals surface area contributed by atoms with Crippen LogP contribution in [-0.2, 0) is 12.6 Å². The topological polar surface area (TPSA) is 63.9 Å². The monoisotopic (exact) mass is 389 g/mol. The Labute approximate surface area is 159 Å². The largest absolute Gasteiger partial charge is 0.417 e. The number of nitrogens with zero attached hydrogens (tertiary/aromatic N) is 5. The predicted octanol–water partition coefficient (Wildman–Crippen LogP) is 3.30. The molecule has 0 aliphatic heterocycles. The lowest BCUT2D eigenvalue weighted by atomic mass is 10.2. The van der Waals surface area contributed by atoms with Crippen molar-refractivity contribution in [2.75, 3.05) is 13.6 Å². The molecule has 0 atom stereocenters. The van der Waals surface area contributed by atoms with Crippen LogP contribution in [0.2, 0.25) is 0 Å². The molecule has 0 aromatic carbocycles. The van der Waals surface area contributed by atoms with E-state index in [0.29, 0.717) is 24.2 Å². The Hall–Kier alpha value is -3.23. The van der Waals surface area contributed by atoms with Gasteiger partial charge in [0.2, 0.25) is 0 Å². The quantitative estimate of drug-likeness (QED) is 0.672. The average molecular weight is 389 g/mol. The van der Waals surface area contributed by atoms with Gasteiger partial charge in [-0.05, 0) is 31.2 Å². The highest BCUT2D eigenvalue weighted by atomic mass is 19.4. The lowest BCUT2D eigenvalue weighted by Gasteiger charge is -2.16. The van der Waals surface area contributed by atoms with Crippen LogP contribution in [0.4, 0.5) is 13.2 Å². The van der Waals surface area contributed by atoms with Gasteiger partial charge in [-0.15, -0.1) is 0 Å². The van der Waals surface area contributed by atoms with E-state index in [-0.39, 0.29) is 11.7 Å². The maximum absolute atomic E-state index is 12.7. The molecule has 0 saturated carbocycles. The molecule has 146 valence electrons. The Morgan fingerprint density at radius 3 is 2.54 bits per heavy atom. The summed E-state index contributed by atoms with van der Waals surface area (Å²) in [5.74, 6) is -0.0210. The first kappa shape index (κ1) is 19.5. The summed E-state index contributed by atoms with van der Waals surface area (Å²) < 4.78 is 39.4. The van der Waals surface area contributed by atoms with Gasteiger partial charge in [-0.3, -0.25) is 9.78 Å². The second kappa shape index (κ2) is 7.79. The number of carbonyl (C=O) groups excluding carboxylic acids is 1. The second-order valence-corrected chi connectivity index (χ2v) is 6.26. The van der Waals surface area contributed by atoms with Crippen LogP contribution >= 0.6 is 0 Å². The van der Waals surface area contributed by atoms with Gasteiger partial charge in [-0.25, -0.2) is 9.67 Å². The Morgan fingerprint density at radius 1 is 1.14 bits per heavy atom. The molecule has 0 N–H and O–H groups in total. The first-order valence-electron chi connectivity index (χ1n) is 8.51. The molecule has 0 bridgehead atoms. The minimum Gasteiger partial charge on any atom is -0.341 e. The second-order valence-electron chi connectivity index (χ2n) is 6.26. The molecule has 0 radical (unpaired) electrons. The van der Waals surface area contributed by atoms with E-state index < -0.39 is 11.7 Å². The zero-order chi connectivity index (χ0) is 20.3. The maximum Gasteiger partial charge on any atom is 0.417 e. The van der Waals surface area contributed by atoms with Gasteiger partial charge >= 0.3 is 6.18 Å². The van der Waals surface area contributed by atoms with Crippen LogP contribution in [0.15, 0.2) is 48.9 Å². The Balaban J connectivity index is 1.73. The van der Waals surface area contributed by atoms with Crippen LogP contribution in [0.3, 0.4) is 0 Å². The standard InChI is InChI=1S/C19H18F3N5O/c1-13-16(18(28)26(2)10-8-15-5-3-4-9-23-15)12-25-27(13)17-7-6-14(11-24-17)19(20,21)22/h3-7,9,11-12H,8,10H2,1-2H3. The number of alkyl halides is 3. The molecular weight excluding hydrogens is 371 g/mol. The number of amides is 1. The highest BCUT2D eigenvalue weighted by Gasteiger charge is 2.31. The number of likely N-dealkylation sites (N-methyl/N-ethyl adjacent to an activating group) is 1. The van der Waals surface area contributed by atoms with Gasteiger partial charge in [0.15, 0.2) is 5.82 Å². The predicted molar refractivity (Wildman–Crippen MR) is 96.0 cm³/mol. The van der Waals surface area contributed by atoms with Crippen molar-refractivity contribution in [3.8, 4) is 5.82 Å². The van der Waals surface area contributed by atoms with Gasteiger partial charge in [0.1, 0.15) is 0 Å². The van der Waals surface area contributed by atoms with E-state index in [4.69, 9.17) is 0 Å². The number of hydrogen-bond acceptors (Lipinski definition) is 4. The number of carbonyl (C=O) groups is 1. The minimum absolute atomic E-state index is 0.209. The number of pyridine rings is 2. The number of aromatic nitrogens is 4. The molecule has 0 unspecified atom stereocenters. The van der Waals surface area contributed by atoms with Crippen molar-refractivity contribution in [3.05, 3.63) is 71.4 Å². The highest BCUT2D eigenvalue weighted by molar-refractivity contribution is 5.95. The van der Waals surface area contributed by atoms with Crippen LogP contribution < -0.4 is 0 Å². The molecule has 3 aromatic rings. The first-order valence-corrected chi connectivity index (χ1v) is 8.51. The Bertz CT molecular complexity index is 952. The Morgan fingerprint density at radius 2 is 1.93 bits per heavy atom. The van der Waals surface area contributed by atoms with E-state index in [2.05, 4.69) is 15.1 Å². The van der Waals surface area contributed by atoms with E-state index in [1.165, 1.54) is 16.9 Å². The van der Waals surface area contributed by atoms with Crippen LogP contribution in [0.1, 0.15) is 27.3 Å². The van der Waals surface area contributed by atoms with Crippen molar-refractivity contribution in [2.24, 2.45) is 0 Å². The number of halogens is 3. The van der Waals surface area contributed by atoms with Gasteiger partial charge in [0.25, 0.3) is 5.91 Å². The summed E-state index contributed by atoms with van der Waals surface area (Å²) in [6.45, 7) is 2.14. The fourth-order valence-corrected chi connectivity index (χ4v) is 2.66. The molecule has 0 spiro atoms. The van der Waals surface area contributed by atoms with Crippen molar-refractivity contribution in [1.29, 1.82) is 0 Å². The summed E-state index contributed by atoms with van der Waals surface area (Å²) in [4.78, 5) is 22.3. The third-order valence-corrected chi connectivity index (χ3v) is 4.31. The van der Waals surface area contributed by atoms with Crippen LogP contribution in [0.25, 0.3) is 5.82 Å². The van der Waals surface area contributed by atoms with E-state index in [1.54, 1.807) is 25.1 Å². The SMILES string of the molecule is Cc1c(C(=O)N(C)CCc2ccccn2)cnn1-c1ccc(C(F)(F)F)cn1. The molecule has 3 heterocycles. The molecule has 9 heteroatoms. The highest BCUT2D eigenvalue weighted by Crippen LogP contribution is 2.28. The van der Waals surface area contributed by atoms with E-state index in [0.717, 1.165) is 18.0 Å². The van der Waals surface area contributed by atoms with Crippen LogP contribution in [-0.4, -0.2) is 44.1 Å². The lowest BCUT2D eigenvalue weighted by molar-refractivity contribution is -0.137. The zero-order valence-corrected chi connectivity index (χ0v) is 15.3. The molecule has 0 aliphatic rings. The Kier molecular flexibility index (Phi) is 5.43. The minimum atomic E-state index is -4.46. The van der Waals surface area contributed by atoms with Gasteiger partial charge in [0, 0.05) is 38.1 Å². The molecule has 3 aromatic heterocycles. The summed E-state index contributed by atoms with van der Waals surface area (Å²) in [5.41, 5.74) is 0.905. The van der Waals surface area contributed by atoms with Crippen LogP contribution in [0, 0.1) is 6.92 Å². The average Bonchev–Trinajstić information content (AvgIpc) is 3.07. The summed E-state index contributed by atoms with van der Waals surface area (Å²) in [6.07, 6.45) is -0.00746. The molecule has 0 saturated heterocycles. The normalized spacial score (nSPS) is 11.5. The van der Waals surface area contributed by atoms with Gasteiger partial charge < -0.3 is 4.90 Å². The van der Waals surface area contributed by atoms with E-state index in [9.17, 15) is 18.0 Å². The van der Waals surface area contributed by atoms with Crippen molar-refractivity contribution in [1.82, 2.24) is 24.6 Å². The molecule has 1 amide bonds. The fourth-order valence-electron chi connectivity index (χ4n) is 2.66. The van der Waals surface area contributed by atoms with Gasteiger partial charge in [0.05, 0.1) is 23.0 Å². The van der Waals surface area contributed by atoms with E-state index in [1.807, 2.05) is 18.2 Å². The molecule has 28 heavy (non-hydrogen) atoms. The number of hydrogen-bond donors (Lipinski definition) is 0. The van der Waals surface area contributed by atoms with Crippen molar-refractivity contribution in [2.45, 2.75) is 19.5 Å². The summed E-state index contributed by atoms with van der Waals surface area (Å²) in [5, 5.41) is 4.11. The van der Waals surface area contributed by atoms with Crippen LogP contribution in [0.5, 0.6) is 0 Å². The fraction of sp³-hybridized carbons (Fsp3) is 0.263. The van der Waals surface area contributed by atoms with Gasteiger partial charge in [-0.2, -0.15) is 18.3 Å². The lowest BCUT2D eigenvalue weighted by Crippen LogP contribution is -2.29. The van der Waals surface area contributed by atoms with Crippen molar-refractivity contribution < 1.29 is 18.0 Å². The van der Waals surface area contributed by atoms with Crippen molar-refractivity contribution in [3.63, 3.8) is 0 Å². The van der Waals surface area contributed by atoms with E-state index >= 15 is 0 Å². The summed E-state index contributed by atoms with van der Waals surface area (Å²) in [6, 6.07) is 7.75. The molecule has 3 rings (SSSR count). The van der Waals surface area contributed by atoms with Crippen molar-refractivity contribution >= 4 is 5.91 Å². The molecule has 6 nitrogen and oxygen atoms in total. The summed E-state index contributed by atoms with van der Waals surface area (Å²) in [7, 11) is 1.68.